The standard InChI is InChI=1S/C16H26N2/c1-12(2)14-7-5-6-13-10-18(9-8-15(13)14)11-16(3,4)17/h5-7,12H,8-11,17H2,1-4H3. The minimum absolute atomic E-state index is 0.104. The first-order valence-electron chi connectivity index (χ1n) is 6.99. The molecular formula is C16H26N2. The molecule has 18 heavy (non-hydrogen) atoms. The van der Waals surface area contributed by atoms with Crippen LogP contribution in [-0.4, -0.2) is 23.5 Å². The quantitative estimate of drug-likeness (QED) is 0.888. The molecule has 2 nitrogen and oxygen atoms in total. The van der Waals surface area contributed by atoms with Crippen molar-refractivity contribution < 1.29 is 0 Å². The Morgan fingerprint density at radius 1 is 1.33 bits per heavy atom. The van der Waals surface area contributed by atoms with Gasteiger partial charge in [-0.05, 0) is 42.9 Å². The Labute approximate surface area is 111 Å². The van der Waals surface area contributed by atoms with Crippen LogP contribution in [0.15, 0.2) is 18.2 Å². The Hall–Kier alpha value is -0.860. The van der Waals surface area contributed by atoms with E-state index in [0.717, 1.165) is 19.6 Å². The molecule has 0 saturated heterocycles. The third-order valence-corrected chi connectivity index (χ3v) is 3.63. The highest BCUT2D eigenvalue weighted by Crippen LogP contribution is 2.27. The van der Waals surface area contributed by atoms with Crippen LogP contribution in [0.25, 0.3) is 0 Å². The highest BCUT2D eigenvalue weighted by molar-refractivity contribution is 5.38. The van der Waals surface area contributed by atoms with Crippen LogP contribution in [-0.2, 0) is 13.0 Å². The average molecular weight is 246 g/mol. The third kappa shape index (κ3) is 3.12. The maximum atomic E-state index is 6.12. The van der Waals surface area contributed by atoms with Crippen molar-refractivity contribution in [3.63, 3.8) is 0 Å². The van der Waals surface area contributed by atoms with Crippen molar-refractivity contribution >= 4 is 0 Å². The Kier molecular flexibility index (Phi) is 3.79. The molecule has 1 aromatic carbocycles. The van der Waals surface area contributed by atoms with E-state index < -0.39 is 0 Å². The van der Waals surface area contributed by atoms with Gasteiger partial charge in [0.1, 0.15) is 0 Å². The van der Waals surface area contributed by atoms with Crippen LogP contribution in [0, 0.1) is 0 Å². The van der Waals surface area contributed by atoms with Crippen molar-refractivity contribution in [2.75, 3.05) is 13.1 Å². The SMILES string of the molecule is CC(C)c1cccc2c1CCN(CC(C)(C)N)C2. The fourth-order valence-corrected chi connectivity index (χ4v) is 2.95. The number of rotatable bonds is 3. The van der Waals surface area contributed by atoms with E-state index in [2.05, 4.69) is 50.8 Å². The molecule has 0 amide bonds. The lowest BCUT2D eigenvalue weighted by Gasteiger charge is -2.34. The normalized spacial score (nSPS) is 17.0. The van der Waals surface area contributed by atoms with Crippen molar-refractivity contribution in [1.82, 2.24) is 4.90 Å². The van der Waals surface area contributed by atoms with E-state index in [0.29, 0.717) is 5.92 Å². The van der Waals surface area contributed by atoms with Crippen LogP contribution in [0.4, 0.5) is 0 Å². The van der Waals surface area contributed by atoms with Gasteiger partial charge < -0.3 is 5.73 Å². The number of benzene rings is 1. The Morgan fingerprint density at radius 3 is 2.67 bits per heavy atom. The van der Waals surface area contributed by atoms with Gasteiger partial charge >= 0.3 is 0 Å². The predicted octanol–water partition coefficient (Wildman–Crippen LogP) is 2.91. The van der Waals surface area contributed by atoms with Crippen molar-refractivity contribution in [2.24, 2.45) is 5.73 Å². The van der Waals surface area contributed by atoms with Crippen LogP contribution in [0.2, 0.25) is 0 Å². The zero-order chi connectivity index (χ0) is 13.3. The van der Waals surface area contributed by atoms with Gasteiger partial charge in [0.25, 0.3) is 0 Å². The average Bonchev–Trinajstić information content (AvgIpc) is 2.25. The summed E-state index contributed by atoms with van der Waals surface area (Å²) in [5.74, 6) is 0.623. The molecule has 0 atom stereocenters. The molecule has 1 aliphatic heterocycles. The second-order valence-electron chi connectivity index (χ2n) is 6.59. The second-order valence-corrected chi connectivity index (χ2v) is 6.59. The molecule has 0 unspecified atom stereocenters. The summed E-state index contributed by atoms with van der Waals surface area (Å²) in [6.07, 6.45) is 1.17. The summed E-state index contributed by atoms with van der Waals surface area (Å²) in [5, 5.41) is 0. The fourth-order valence-electron chi connectivity index (χ4n) is 2.95. The summed E-state index contributed by atoms with van der Waals surface area (Å²) in [5.41, 5.74) is 10.6. The van der Waals surface area contributed by atoms with Crippen LogP contribution < -0.4 is 5.73 Å². The molecule has 2 rings (SSSR count). The van der Waals surface area contributed by atoms with Gasteiger partial charge in [0.05, 0.1) is 0 Å². The second kappa shape index (κ2) is 5.02. The van der Waals surface area contributed by atoms with Crippen LogP contribution in [0.5, 0.6) is 0 Å². The molecule has 0 fully saturated rings. The van der Waals surface area contributed by atoms with Gasteiger partial charge in [-0.25, -0.2) is 0 Å². The summed E-state index contributed by atoms with van der Waals surface area (Å²) >= 11 is 0. The Balaban J connectivity index is 2.18. The summed E-state index contributed by atoms with van der Waals surface area (Å²) in [6.45, 7) is 11.9. The highest BCUT2D eigenvalue weighted by Gasteiger charge is 2.23. The lowest BCUT2D eigenvalue weighted by Crippen LogP contribution is -2.46. The molecule has 1 aliphatic rings. The van der Waals surface area contributed by atoms with E-state index >= 15 is 0 Å². The Morgan fingerprint density at radius 2 is 2.06 bits per heavy atom. The van der Waals surface area contributed by atoms with Crippen molar-refractivity contribution in [3.8, 4) is 0 Å². The molecule has 2 heteroatoms. The first kappa shape index (κ1) is 13.6. The smallest absolute Gasteiger partial charge is 0.0237 e. The number of fused-ring (bicyclic) bond motifs is 1. The van der Waals surface area contributed by atoms with Crippen molar-refractivity contribution in [1.29, 1.82) is 0 Å². The van der Waals surface area contributed by atoms with E-state index in [9.17, 15) is 0 Å². The highest BCUT2D eigenvalue weighted by atomic mass is 15.1. The van der Waals surface area contributed by atoms with Crippen LogP contribution in [0.1, 0.15) is 50.3 Å². The van der Waals surface area contributed by atoms with Crippen LogP contribution >= 0.6 is 0 Å². The fraction of sp³-hybridized carbons (Fsp3) is 0.625. The minimum atomic E-state index is -0.104. The first-order chi connectivity index (χ1) is 8.37. The van der Waals surface area contributed by atoms with Gasteiger partial charge in [-0.3, -0.25) is 4.90 Å². The van der Waals surface area contributed by atoms with E-state index in [1.165, 1.54) is 17.5 Å². The maximum Gasteiger partial charge on any atom is 0.0237 e. The zero-order valence-corrected chi connectivity index (χ0v) is 12.2. The van der Waals surface area contributed by atoms with Gasteiger partial charge in [-0.15, -0.1) is 0 Å². The molecule has 100 valence electrons. The van der Waals surface area contributed by atoms with E-state index in [1.807, 2.05) is 0 Å². The van der Waals surface area contributed by atoms with Gasteiger partial charge in [0, 0.05) is 25.2 Å². The van der Waals surface area contributed by atoms with Gasteiger partial charge in [0.15, 0.2) is 0 Å². The largest absolute Gasteiger partial charge is 0.324 e. The molecule has 0 bridgehead atoms. The lowest BCUT2D eigenvalue weighted by molar-refractivity contribution is 0.209. The monoisotopic (exact) mass is 246 g/mol. The summed E-state index contributed by atoms with van der Waals surface area (Å²) in [7, 11) is 0. The van der Waals surface area contributed by atoms with Crippen molar-refractivity contribution in [3.05, 3.63) is 34.9 Å². The molecule has 0 aliphatic carbocycles. The molecule has 1 aromatic rings. The molecular weight excluding hydrogens is 220 g/mol. The zero-order valence-electron chi connectivity index (χ0n) is 12.2. The molecule has 0 spiro atoms. The lowest BCUT2D eigenvalue weighted by atomic mass is 9.88. The van der Waals surface area contributed by atoms with Gasteiger partial charge in [-0.1, -0.05) is 32.0 Å². The van der Waals surface area contributed by atoms with Crippen LogP contribution in [0.3, 0.4) is 0 Å². The number of hydrogen-bond donors (Lipinski definition) is 1. The first-order valence-corrected chi connectivity index (χ1v) is 6.99. The number of nitrogens with two attached hydrogens (primary N) is 1. The summed E-state index contributed by atoms with van der Waals surface area (Å²) in [4.78, 5) is 2.48. The molecule has 0 radical (unpaired) electrons. The molecule has 0 saturated carbocycles. The van der Waals surface area contributed by atoms with E-state index in [-0.39, 0.29) is 5.54 Å². The predicted molar refractivity (Wildman–Crippen MR) is 77.8 cm³/mol. The summed E-state index contributed by atoms with van der Waals surface area (Å²) in [6, 6.07) is 6.76. The Bertz CT molecular complexity index is 416. The van der Waals surface area contributed by atoms with E-state index in [1.54, 1.807) is 5.56 Å². The number of nitrogens with zero attached hydrogens (tertiary/aromatic N) is 1. The van der Waals surface area contributed by atoms with E-state index in [4.69, 9.17) is 5.73 Å². The summed E-state index contributed by atoms with van der Waals surface area (Å²) < 4.78 is 0. The third-order valence-electron chi connectivity index (χ3n) is 3.63. The molecule has 1 heterocycles. The maximum absolute atomic E-state index is 6.12. The number of hydrogen-bond acceptors (Lipinski definition) is 2. The molecule has 2 N–H and O–H groups in total. The topological polar surface area (TPSA) is 29.3 Å². The molecule has 0 aromatic heterocycles. The van der Waals surface area contributed by atoms with Gasteiger partial charge in [0.2, 0.25) is 0 Å². The van der Waals surface area contributed by atoms with Gasteiger partial charge in [-0.2, -0.15) is 0 Å². The van der Waals surface area contributed by atoms with Crippen molar-refractivity contribution in [2.45, 2.75) is 52.1 Å². The minimum Gasteiger partial charge on any atom is -0.324 e.